The number of carbonyl (C=O) groups excluding carboxylic acids is 1. The molecule has 0 aliphatic rings. The number of furan rings is 1. The van der Waals surface area contributed by atoms with Gasteiger partial charge in [-0.25, -0.2) is 9.97 Å². The largest absolute Gasteiger partial charge is 0.459 e. The monoisotopic (exact) mass is 430 g/mol. The van der Waals surface area contributed by atoms with Crippen LogP contribution < -0.4 is 10.6 Å². The van der Waals surface area contributed by atoms with Gasteiger partial charge in [0.15, 0.2) is 11.4 Å². The first-order valence-corrected chi connectivity index (χ1v) is 9.72. The number of anilines is 3. The molecule has 0 fully saturated rings. The van der Waals surface area contributed by atoms with Crippen molar-refractivity contribution >= 4 is 45.7 Å². The lowest BCUT2D eigenvalue weighted by Crippen LogP contribution is -2.10. The molecule has 5 aromatic rings. The number of H-pyrrole nitrogens is 1. The van der Waals surface area contributed by atoms with Gasteiger partial charge in [0.25, 0.3) is 5.91 Å². The van der Waals surface area contributed by atoms with E-state index in [-0.39, 0.29) is 11.7 Å². The highest BCUT2D eigenvalue weighted by atomic mass is 35.5. The number of nitrogens with zero attached hydrogens (tertiary/aromatic N) is 3. The molecule has 1 amide bonds. The van der Waals surface area contributed by atoms with E-state index in [2.05, 4.69) is 30.8 Å². The molecular weight excluding hydrogens is 416 g/mol. The fraction of sp³-hybridized carbons (Fsp3) is 0. The topological polar surface area (TPSA) is 109 Å². The Bertz CT molecular complexity index is 1380. The normalized spacial score (nSPS) is 10.9. The SMILES string of the molecule is O=C(Nc1cccc(-c2n[nH]c3ncnc(Nc4cccc(Cl)c4)c23)c1)c1ccco1. The number of rotatable bonds is 5. The van der Waals surface area contributed by atoms with Gasteiger partial charge in [-0.1, -0.05) is 29.8 Å². The Kier molecular flexibility index (Phi) is 4.81. The number of aromatic amines is 1. The van der Waals surface area contributed by atoms with Gasteiger partial charge in [-0.05, 0) is 42.5 Å². The van der Waals surface area contributed by atoms with Crippen molar-refractivity contribution in [1.29, 1.82) is 0 Å². The minimum absolute atomic E-state index is 0.233. The van der Waals surface area contributed by atoms with Gasteiger partial charge < -0.3 is 15.1 Å². The number of aromatic nitrogens is 4. The van der Waals surface area contributed by atoms with Gasteiger partial charge >= 0.3 is 0 Å². The van der Waals surface area contributed by atoms with Crippen molar-refractivity contribution in [2.24, 2.45) is 0 Å². The lowest BCUT2D eigenvalue weighted by Gasteiger charge is -2.09. The van der Waals surface area contributed by atoms with Crippen LogP contribution in [0, 0.1) is 0 Å². The lowest BCUT2D eigenvalue weighted by atomic mass is 10.1. The zero-order valence-corrected chi connectivity index (χ0v) is 16.7. The fourth-order valence-electron chi connectivity index (χ4n) is 3.21. The zero-order valence-electron chi connectivity index (χ0n) is 16.0. The zero-order chi connectivity index (χ0) is 21.2. The summed E-state index contributed by atoms with van der Waals surface area (Å²) in [6.45, 7) is 0. The minimum Gasteiger partial charge on any atom is -0.459 e. The molecule has 0 spiro atoms. The summed E-state index contributed by atoms with van der Waals surface area (Å²) in [5.74, 6) is 0.485. The van der Waals surface area contributed by atoms with Crippen LogP contribution in [0.1, 0.15) is 10.6 Å². The third-order valence-corrected chi connectivity index (χ3v) is 4.82. The van der Waals surface area contributed by atoms with Gasteiger partial charge in [0, 0.05) is 22.0 Å². The van der Waals surface area contributed by atoms with Crippen LogP contribution in [-0.4, -0.2) is 26.1 Å². The molecule has 0 saturated carbocycles. The highest BCUT2D eigenvalue weighted by Crippen LogP contribution is 2.32. The van der Waals surface area contributed by atoms with Crippen LogP contribution in [-0.2, 0) is 0 Å². The first kappa shape index (κ1) is 18.8. The predicted molar refractivity (Wildman–Crippen MR) is 119 cm³/mol. The van der Waals surface area contributed by atoms with Crippen LogP contribution in [0.2, 0.25) is 5.02 Å². The van der Waals surface area contributed by atoms with Crippen LogP contribution in [0.3, 0.4) is 0 Å². The Labute approximate surface area is 181 Å². The third kappa shape index (κ3) is 3.84. The second-order valence-corrected chi connectivity index (χ2v) is 7.10. The lowest BCUT2D eigenvalue weighted by molar-refractivity contribution is 0.0996. The van der Waals surface area contributed by atoms with Gasteiger partial charge in [-0.2, -0.15) is 5.10 Å². The summed E-state index contributed by atoms with van der Waals surface area (Å²) < 4.78 is 5.14. The molecule has 5 rings (SSSR count). The molecule has 0 atom stereocenters. The number of hydrogen-bond donors (Lipinski definition) is 3. The van der Waals surface area contributed by atoms with Crippen molar-refractivity contribution in [3.05, 3.63) is 84.0 Å². The van der Waals surface area contributed by atoms with E-state index in [4.69, 9.17) is 16.0 Å². The van der Waals surface area contributed by atoms with E-state index >= 15 is 0 Å². The van der Waals surface area contributed by atoms with E-state index in [0.717, 1.165) is 16.6 Å². The molecule has 3 heterocycles. The molecule has 0 bridgehead atoms. The highest BCUT2D eigenvalue weighted by molar-refractivity contribution is 6.30. The van der Waals surface area contributed by atoms with Crippen LogP contribution in [0.4, 0.5) is 17.2 Å². The Hall–Kier alpha value is -4.17. The van der Waals surface area contributed by atoms with E-state index in [0.29, 0.717) is 27.9 Å². The van der Waals surface area contributed by atoms with Gasteiger partial charge in [0.2, 0.25) is 0 Å². The molecule has 152 valence electrons. The molecule has 0 saturated heterocycles. The summed E-state index contributed by atoms with van der Waals surface area (Å²) in [7, 11) is 0. The Morgan fingerprint density at radius 3 is 2.71 bits per heavy atom. The summed E-state index contributed by atoms with van der Waals surface area (Å²) in [5, 5.41) is 14.8. The maximum atomic E-state index is 12.3. The molecule has 0 aliphatic carbocycles. The molecule has 8 nitrogen and oxygen atoms in total. The quantitative estimate of drug-likeness (QED) is 0.351. The number of benzene rings is 2. The second-order valence-electron chi connectivity index (χ2n) is 6.67. The van der Waals surface area contributed by atoms with Crippen molar-refractivity contribution in [2.75, 3.05) is 10.6 Å². The van der Waals surface area contributed by atoms with Crippen molar-refractivity contribution in [1.82, 2.24) is 20.2 Å². The standard InChI is InChI=1S/C22H15ClN6O2/c23-14-5-2-7-16(11-14)26-20-18-19(28-29-21(18)25-12-24-20)13-4-1-6-15(10-13)27-22(30)17-8-3-9-31-17/h1-12H,(H,27,30)(H2,24,25,26,28,29). The molecular formula is C22H15ClN6O2. The van der Waals surface area contributed by atoms with Gasteiger partial charge in [-0.3, -0.25) is 9.89 Å². The number of hydrogen-bond acceptors (Lipinski definition) is 6. The number of fused-ring (bicyclic) bond motifs is 1. The molecule has 0 aliphatic heterocycles. The van der Waals surface area contributed by atoms with E-state index in [1.807, 2.05) is 30.3 Å². The first-order chi connectivity index (χ1) is 15.2. The summed E-state index contributed by atoms with van der Waals surface area (Å²) in [5.41, 5.74) is 3.41. The van der Waals surface area contributed by atoms with Crippen molar-refractivity contribution in [3.8, 4) is 11.3 Å². The fourth-order valence-corrected chi connectivity index (χ4v) is 3.40. The van der Waals surface area contributed by atoms with Gasteiger partial charge in [0.05, 0.1) is 11.6 Å². The van der Waals surface area contributed by atoms with Crippen LogP contribution in [0.25, 0.3) is 22.3 Å². The Morgan fingerprint density at radius 2 is 1.87 bits per heavy atom. The average molecular weight is 431 g/mol. The summed E-state index contributed by atoms with van der Waals surface area (Å²) in [6.07, 6.45) is 2.91. The van der Waals surface area contributed by atoms with E-state index in [1.54, 1.807) is 30.3 Å². The highest BCUT2D eigenvalue weighted by Gasteiger charge is 2.16. The number of halogens is 1. The molecule has 0 radical (unpaired) electrons. The number of carbonyl (C=O) groups is 1. The molecule has 2 aromatic carbocycles. The second kappa shape index (κ2) is 7.92. The summed E-state index contributed by atoms with van der Waals surface area (Å²) in [4.78, 5) is 21.0. The van der Waals surface area contributed by atoms with Crippen LogP contribution in [0.5, 0.6) is 0 Å². The third-order valence-electron chi connectivity index (χ3n) is 4.58. The van der Waals surface area contributed by atoms with Crippen molar-refractivity contribution in [3.63, 3.8) is 0 Å². The molecule has 31 heavy (non-hydrogen) atoms. The smallest absolute Gasteiger partial charge is 0.291 e. The predicted octanol–water partition coefficient (Wildman–Crippen LogP) is 5.26. The van der Waals surface area contributed by atoms with Gasteiger partial charge in [-0.15, -0.1) is 0 Å². The maximum absolute atomic E-state index is 12.3. The minimum atomic E-state index is -0.333. The first-order valence-electron chi connectivity index (χ1n) is 9.34. The Balaban J connectivity index is 1.51. The number of amides is 1. The molecule has 0 unspecified atom stereocenters. The van der Waals surface area contributed by atoms with Crippen LogP contribution >= 0.6 is 11.6 Å². The van der Waals surface area contributed by atoms with E-state index in [1.165, 1.54) is 12.6 Å². The Morgan fingerprint density at radius 1 is 1.00 bits per heavy atom. The average Bonchev–Trinajstić information content (AvgIpc) is 3.45. The summed E-state index contributed by atoms with van der Waals surface area (Å²) >= 11 is 6.10. The van der Waals surface area contributed by atoms with Crippen molar-refractivity contribution < 1.29 is 9.21 Å². The van der Waals surface area contributed by atoms with E-state index in [9.17, 15) is 4.79 Å². The van der Waals surface area contributed by atoms with Crippen molar-refractivity contribution in [2.45, 2.75) is 0 Å². The number of nitrogens with one attached hydrogen (secondary N) is 3. The summed E-state index contributed by atoms with van der Waals surface area (Å²) in [6, 6.07) is 18.0. The van der Waals surface area contributed by atoms with E-state index < -0.39 is 0 Å². The molecule has 3 aromatic heterocycles. The van der Waals surface area contributed by atoms with Gasteiger partial charge in [0.1, 0.15) is 17.8 Å². The molecule has 3 N–H and O–H groups in total. The molecule has 9 heteroatoms. The van der Waals surface area contributed by atoms with Crippen LogP contribution in [0.15, 0.2) is 77.7 Å². The maximum Gasteiger partial charge on any atom is 0.291 e.